The number of aliphatic hydroxyl groups excluding tert-OH is 1. The molecule has 168 valence electrons. The third-order valence-electron chi connectivity index (χ3n) is 6.04. The minimum atomic E-state index is -2.69. The van der Waals surface area contributed by atoms with Gasteiger partial charge in [-0.15, -0.1) is 0 Å². The van der Waals surface area contributed by atoms with Gasteiger partial charge >= 0.3 is 0 Å². The first-order valence-electron chi connectivity index (χ1n) is 10.5. The van der Waals surface area contributed by atoms with Crippen LogP contribution in [0.1, 0.15) is 35.7 Å². The van der Waals surface area contributed by atoms with Crippen molar-refractivity contribution in [3.05, 3.63) is 47.9 Å². The van der Waals surface area contributed by atoms with E-state index in [1.165, 1.54) is 10.7 Å². The Labute approximate surface area is 182 Å². The Balaban J connectivity index is 1.50. The Morgan fingerprint density at radius 1 is 1.31 bits per heavy atom. The number of benzene rings is 1. The van der Waals surface area contributed by atoms with Gasteiger partial charge in [0.2, 0.25) is 0 Å². The summed E-state index contributed by atoms with van der Waals surface area (Å²) >= 11 is 0. The molecular formula is C22H23F2N5O3. The topological polar surface area (TPSA) is 92.0 Å². The molecule has 2 aromatic heterocycles. The molecule has 0 radical (unpaired) electrons. The molecule has 2 aliphatic rings. The zero-order valence-electron chi connectivity index (χ0n) is 17.5. The lowest BCUT2D eigenvalue weighted by Crippen LogP contribution is -2.39. The molecule has 2 N–H and O–H groups in total. The molecule has 1 atom stereocenters. The minimum Gasteiger partial charge on any atom is -0.484 e. The highest BCUT2D eigenvalue weighted by molar-refractivity contribution is 6.09. The second kappa shape index (κ2) is 7.40. The van der Waals surface area contributed by atoms with Crippen molar-refractivity contribution < 1.29 is 23.4 Å². The number of alkyl halides is 2. The molecule has 5 rings (SSSR count). The van der Waals surface area contributed by atoms with Crippen LogP contribution < -0.4 is 15.0 Å². The van der Waals surface area contributed by atoms with E-state index in [4.69, 9.17) is 4.74 Å². The highest BCUT2D eigenvalue weighted by atomic mass is 19.3. The number of carbonyl (C=O) groups is 1. The van der Waals surface area contributed by atoms with Crippen molar-refractivity contribution in [1.29, 1.82) is 0 Å². The molecule has 10 heteroatoms. The molecule has 0 aliphatic carbocycles. The maximum atomic E-state index is 13.7. The standard InChI is InChI=1S/C22H23F2N5O3/c1-21(13-30)11-14-9-16(27-20(31)15-12-26-29-6-2-5-25-19(15)29)17(10-18(14)32-21)28-7-3-22(23,24)4-8-28/h2,5-6,9-10,12,30H,3-4,7-8,11,13H2,1H3,(H,27,31)/t21-/m0/s1. The van der Waals surface area contributed by atoms with Gasteiger partial charge in [0.25, 0.3) is 11.8 Å². The predicted molar refractivity (Wildman–Crippen MR) is 114 cm³/mol. The number of piperidine rings is 1. The second-order valence-electron chi connectivity index (χ2n) is 8.61. The van der Waals surface area contributed by atoms with Gasteiger partial charge in [0.15, 0.2) is 5.65 Å². The van der Waals surface area contributed by atoms with Gasteiger partial charge in [0.05, 0.1) is 24.2 Å². The van der Waals surface area contributed by atoms with Crippen molar-refractivity contribution in [2.75, 3.05) is 29.9 Å². The molecule has 8 nitrogen and oxygen atoms in total. The van der Waals surface area contributed by atoms with Crippen LogP contribution in [-0.4, -0.2) is 56.8 Å². The summed E-state index contributed by atoms with van der Waals surface area (Å²) in [4.78, 5) is 19.1. The van der Waals surface area contributed by atoms with Crippen molar-refractivity contribution in [3.8, 4) is 5.75 Å². The molecule has 0 unspecified atom stereocenters. The maximum Gasteiger partial charge on any atom is 0.261 e. The van der Waals surface area contributed by atoms with Crippen molar-refractivity contribution >= 4 is 22.9 Å². The molecule has 0 saturated carbocycles. The van der Waals surface area contributed by atoms with E-state index in [9.17, 15) is 18.7 Å². The number of aromatic nitrogens is 3. The number of hydrogen-bond acceptors (Lipinski definition) is 6. The third kappa shape index (κ3) is 3.64. The summed E-state index contributed by atoms with van der Waals surface area (Å²) in [5, 5.41) is 16.8. The van der Waals surface area contributed by atoms with E-state index in [1.54, 1.807) is 37.5 Å². The number of nitrogens with one attached hydrogen (secondary N) is 1. The number of nitrogens with zero attached hydrogens (tertiary/aromatic N) is 4. The molecule has 3 aromatic rings. The number of halogens is 2. The largest absolute Gasteiger partial charge is 0.484 e. The summed E-state index contributed by atoms with van der Waals surface area (Å²) in [6.07, 6.45) is 4.67. The summed E-state index contributed by atoms with van der Waals surface area (Å²) < 4.78 is 34.9. The van der Waals surface area contributed by atoms with E-state index in [-0.39, 0.29) is 32.5 Å². The predicted octanol–water partition coefficient (Wildman–Crippen LogP) is 2.90. The molecule has 0 spiro atoms. The highest BCUT2D eigenvalue weighted by Gasteiger charge is 2.38. The molecule has 1 amide bonds. The van der Waals surface area contributed by atoms with Gasteiger partial charge in [-0.05, 0) is 19.1 Å². The van der Waals surface area contributed by atoms with Crippen LogP contribution in [0.25, 0.3) is 5.65 Å². The van der Waals surface area contributed by atoms with Crippen LogP contribution in [0.2, 0.25) is 0 Å². The number of amides is 1. The summed E-state index contributed by atoms with van der Waals surface area (Å²) in [6.45, 7) is 1.95. The van der Waals surface area contributed by atoms with Gasteiger partial charge in [-0.2, -0.15) is 5.10 Å². The van der Waals surface area contributed by atoms with E-state index >= 15 is 0 Å². The number of rotatable bonds is 4. The van der Waals surface area contributed by atoms with Crippen molar-refractivity contribution in [1.82, 2.24) is 14.6 Å². The molecule has 1 aromatic carbocycles. The first-order valence-corrected chi connectivity index (χ1v) is 10.5. The van der Waals surface area contributed by atoms with Crippen LogP contribution >= 0.6 is 0 Å². The number of fused-ring (bicyclic) bond motifs is 2. The lowest BCUT2D eigenvalue weighted by molar-refractivity contribution is -0.0220. The first-order chi connectivity index (χ1) is 15.3. The molecule has 2 aliphatic heterocycles. The van der Waals surface area contributed by atoms with E-state index in [0.717, 1.165) is 5.56 Å². The van der Waals surface area contributed by atoms with Crippen LogP contribution in [-0.2, 0) is 6.42 Å². The minimum absolute atomic E-state index is 0.157. The van der Waals surface area contributed by atoms with Crippen molar-refractivity contribution in [2.24, 2.45) is 0 Å². The Bertz CT molecular complexity index is 1190. The van der Waals surface area contributed by atoms with Gasteiger partial charge in [-0.25, -0.2) is 18.3 Å². The smallest absolute Gasteiger partial charge is 0.261 e. The van der Waals surface area contributed by atoms with Gasteiger partial charge in [0, 0.05) is 56.4 Å². The van der Waals surface area contributed by atoms with Crippen LogP contribution in [0.5, 0.6) is 5.75 Å². The van der Waals surface area contributed by atoms with E-state index in [0.29, 0.717) is 34.8 Å². The lowest BCUT2D eigenvalue weighted by Gasteiger charge is -2.34. The molecule has 32 heavy (non-hydrogen) atoms. The number of aliphatic hydroxyl groups is 1. The number of anilines is 2. The average Bonchev–Trinajstić information content (AvgIpc) is 3.34. The van der Waals surface area contributed by atoms with Gasteiger partial charge < -0.3 is 20.1 Å². The Kier molecular flexibility index (Phi) is 4.77. The van der Waals surface area contributed by atoms with Crippen molar-refractivity contribution in [3.63, 3.8) is 0 Å². The molecule has 1 fully saturated rings. The number of carbonyl (C=O) groups excluding carboxylic acids is 1. The summed E-state index contributed by atoms with van der Waals surface area (Å²) in [5.74, 6) is -2.50. The van der Waals surface area contributed by atoms with E-state index < -0.39 is 17.4 Å². The first kappa shape index (κ1) is 20.6. The summed E-state index contributed by atoms with van der Waals surface area (Å²) in [7, 11) is 0. The monoisotopic (exact) mass is 443 g/mol. The quantitative estimate of drug-likeness (QED) is 0.644. The zero-order chi connectivity index (χ0) is 22.5. The average molecular weight is 443 g/mol. The lowest BCUT2D eigenvalue weighted by atomic mass is 9.99. The fourth-order valence-corrected chi connectivity index (χ4v) is 4.25. The fraction of sp³-hybridized carbons (Fsp3) is 0.409. The summed E-state index contributed by atoms with van der Waals surface area (Å²) in [6, 6.07) is 5.28. The van der Waals surface area contributed by atoms with Crippen LogP contribution in [0.15, 0.2) is 36.8 Å². The van der Waals surface area contributed by atoms with Crippen LogP contribution in [0.3, 0.4) is 0 Å². The van der Waals surface area contributed by atoms with E-state index in [1.807, 2.05) is 4.90 Å². The normalized spacial score (nSPS) is 21.9. The molecular weight excluding hydrogens is 420 g/mol. The van der Waals surface area contributed by atoms with Gasteiger partial charge in [-0.3, -0.25) is 4.79 Å². The number of hydrogen-bond donors (Lipinski definition) is 2. The highest BCUT2D eigenvalue weighted by Crippen LogP contribution is 2.43. The maximum absolute atomic E-state index is 13.7. The molecule has 1 saturated heterocycles. The van der Waals surface area contributed by atoms with Gasteiger partial charge in [0.1, 0.15) is 16.9 Å². The van der Waals surface area contributed by atoms with Gasteiger partial charge in [-0.1, -0.05) is 0 Å². The number of ether oxygens (including phenoxy) is 1. The van der Waals surface area contributed by atoms with E-state index in [2.05, 4.69) is 15.4 Å². The zero-order valence-corrected chi connectivity index (χ0v) is 17.5. The second-order valence-corrected chi connectivity index (χ2v) is 8.61. The van der Waals surface area contributed by atoms with Crippen LogP contribution in [0, 0.1) is 0 Å². The Morgan fingerprint density at radius 3 is 2.84 bits per heavy atom. The third-order valence-corrected chi connectivity index (χ3v) is 6.04. The van der Waals surface area contributed by atoms with Crippen LogP contribution in [0.4, 0.5) is 20.2 Å². The Hall–Kier alpha value is -3.27. The molecule has 4 heterocycles. The Morgan fingerprint density at radius 2 is 2.09 bits per heavy atom. The fourth-order valence-electron chi connectivity index (χ4n) is 4.25. The SMILES string of the molecule is C[C@@]1(CO)Cc2cc(NC(=O)c3cnn4cccnc34)c(N3CCC(F)(F)CC3)cc2O1. The van der Waals surface area contributed by atoms with Crippen molar-refractivity contribution in [2.45, 2.75) is 37.7 Å². The summed E-state index contributed by atoms with van der Waals surface area (Å²) in [5.41, 5.74) is 1.91. The molecule has 0 bridgehead atoms.